The van der Waals surface area contributed by atoms with Crippen molar-refractivity contribution in [3.05, 3.63) is 86.7 Å². The van der Waals surface area contributed by atoms with E-state index in [1.54, 1.807) is 49.7 Å². The van der Waals surface area contributed by atoms with Gasteiger partial charge in [-0.15, -0.1) is 0 Å². The highest BCUT2D eigenvalue weighted by Crippen LogP contribution is 2.29. The maximum absolute atomic E-state index is 12.3. The van der Waals surface area contributed by atoms with Gasteiger partial charge in [-0.3, -0.25) is 19.6 Å². The molecule has 3 aromatic rings. The highest BCUT2D eigenvalue weighted by Gasteiger charge is 2.15. The molecule has 0 saturated heterocycles. The van der Waals surface area contributed by atoms with E-state index in [0.29, 0.717) is 11.3 Å². The van der Waals surface area contributed by atoms with Crippen LogP contribution in [0.25, 0.3) is 6.08 Å². The van der Waals surface area contributed by atoms with Crippen molar-refractivity contribution in [1.29, 1.82) is 0 Å². The van der Waals surface area contributed by atoms with Gasteiger partial charge in [0.2, 0.25) is 5.78 Å². The molecule has 0 saturated carbocycles. The molecule has 0 bridgehead atoms. The molecule has 0 amide bonds. The van der Waals surface area contributed by atoms with Gasteiger partial charge in [-0.2, -0.15) is 5.10 Å². The summed E-state index contributed by atoms with van der Waals surface area (Å²) in [5.74, 6) is 0.393. The summed E-state index contributed by atoms with van der Waals surface area (Å²) in [4.78, 5) is 23.0. The van der Waals surface area contributed by atoms with Crippen molar-refractivity contribution in [2.24, 2.45) is 7.05 Å². The van der Waals surface area contributed by atoms with E-state index in [-0.39, 0.29) is 34.5 Å². The van der Waals surface area contributed by atoms with Gasteiger partial charge in [-0.25, -0.2) is 0 Å². The van der Waals surface area contributed by atoms with Crippen LogP contribution >= 0.6 is 11.6 Å². The van der Waals surface area contributed by atoms with Gasteiger partial charge < -0.3 is 9.47 Å². The Morgan fingerprint density at radius 2 is 2.03 bits per heavy atom. The number of rotatable bonds is 8. The molecule has 0 atom stereocenters. The highest BCUT2D eigenvalue weighted by molar-refractivity contribution is 6.34. The van der Waals surface area contributed by atoms with E-state index in [9.17, 15) is 14.9 Å². The highest BCUT2D eigenvalue weighted by atomic mass is 35.5. The van der Waals surface area contributed by atoms with Crippen LogP contribution in [0.3, 0.4) is 0 Å². The number of nitrogens with zero attached hydrogens (tertiary/aromatic N) is 3. The molecule has 0 N–H and O–H groups in total. The van der Waals surface area contributed by atoms with E-state index in [1.165, 1.54) is 30.0 Å². The maximum Gasteiger partial charge on any atom is 0.310 e. The summed E-state index contributed by atoms with van der Waals surface area (Å²) in [6.07, 6.45) is 4.55. The van der Waals surface area contributed by atoms with Gasteiger partial charge in [0, 0.05) is 24.9 Å². The van der Waals surface area contributed by atoms with Crippen LogP contribution in [0.1, 0.15) is 21.6 Å². The zero-order valence-corrected chi connectivity index (χ0v) is 17.0. The number of halogens is 1. The number of methoxy groups -OCH3 is 1. The number of allylic oxidation sites excluding steroid dienone is 1. The first-order chi connectivity index (χ1) is 14.4. The van der Waals surface area contributed by atoms with Crippen LogP contribution in [-0.2, 0) is 13.7 Å². The van der Waals surface area contributed by atoms with Crippen molar-refractivity contribution in [2.75, 3.05) is 7.11 Å². The smallest absolute Gasteiger partial charge is 0.310 e. The topological polar surface area (TPSA) is 96.5 Å². The zero-order chi connectivity index (χ0) is 21.7. The minimum absolute atomic E-state index is 0.0513. The molecule has 30 heavy (non-hydrogen) atoms. The lowest BCUT2D eigenvalue weighted by molar-refractivity contribution is -0.385. The third-order valence-corrected chi connectivity index (χ3v) is 4.47. The molecule has 0 aliphatic carbocycles. The van der Waals surface area contributed by atoms with Crippen LogP contribution in [-0.4, -0.2) is 27.6 Å². The lowest BCUT2D eigenvalue weighted by Crippen LogP contribution is -2.01. The van der Waals surface area contributed by atoms with Gasteiger partial charge in [0.15, 0.2) is 11.4 Å². The second-order valence-electron chi connectivity index (χ2n) is 6.28. The standard InChI is InChI=1S/C21H18ClN3O5/c1-24-12-16(22)21(23-24)18(26)9-7-14-8-10-19(29-2)15(11-14)13-30-20-6-4-3-5-17(20)25(27)28/h3-12H,13H2,1-2H3/b9-7+. The van der Waals surface area contributed by atoms with Gasteiger partial charge in [0.1, 0.15) is 12.4 Å². The molecule has 0 aliphatic rings. The fourth-order valence-electron chi connectivity index (χ4n) is 2.78. The number of ether oxygens (including phenoxy) is 2. The van der Waals surface area contributed by atoms with Crippen molar-refractivity contribution in [2.45, 2.75) is 6.61 Å². The molecule has 8 nitrogen and oxygen atoms in total. The first kappa shape index (κ1) is 21.1. The van der Waals surface area contributed by atoms with Crippen molar-refractivity contribution < 1.29 is 19.2 Å². The van der Waals surface area contributed by atoms with E-state index < -0.39 is 4.92 Å². The van der Waals surface area contributed by atoms with Crippen LogP contribution in [0.5, 0.6) is 11.5 Å². The molecule has 0 fully saturated rings. The van der Waals surface area contributed by atoms with E-state index in [1.807, 2.05) is 0 Å². The summed E-state index contributed by atoms with van der Waals surface area (Å²) < 4.78 is 12.5. The Bertz CT molecular complexity index is 1120. The molecule has 154 valence electrons. The lowest BCUT2D eigenvalue weighted by atomic mass is 10.1. The Morgan fingerprint density at radius 3 is 2.70 bits per heavy atom. The van der Waals surface area contributed by atoms with E-state index in [0.717, 1.165) is 5.56 Å². The lowest BCUT2D eigenvalue weighted by Gasteiger charge is -2.11. The Morgan fingerprint density at radius 1 is 1.27 bits per heavy atom. The molecule has 3 rings (SSSR count). The van der Waals surface area contributed by atoms with Crippen molar-refractivity contribution >= 4 is 29.1 Å². The van der Waals surface area contributed by atoms with E-state index >= 15 is 0 Å². The number of benzene rings is 2. The number of carbonyl (C=O) groups excluding carboxylic acids is 1. The Kier molecular flexibility index (Phi) is 6.48. The minimum Gasteiger partial charge on any atom is -0.496 e. The number of nitro groups is 1. The summed E-state index contributed by atoms with van der Waals surface area (Å²) in [5, 5.41) is 15.5. The van der Waals surface area contributed by atoms with Gasteiger partial charge >= 0.3 is 5.69 Å². The number of aryl methyl sites for hydroxylation is 1. The van der Waals surface area contributed by atoms with Crippen LogP contribution in [0, 0.1) is 10.1 Å². The van der Waals surface area contributed by atoms with Gasteiger partial charge in [-0.05, 0) is 29.8 Å². The summed E-state index contributed by atoms with van der Waals surface area (Å²) in [6.45, 7) is 0.0513. The number of aromatic nitrogens is 2. The van der Waals surface area contributed by atoms with Gasteiger partial charge in [0.05, 0.1) is 17.1 Å². The molecular weight excluding hydrogens is 410 g/mol. The molecule has 9 heteroatoms. The van der Waals surface area contributed by atoms with Crippen LogP contribution in [0.2, 0.25) is 5.02 Å². The van der Waals surface area contributed by atoms with Crippen molar-refractivity contribution in [3.63, 3.8) is 0 Å². The number of hydrogen-bond donors (Lipinski definition) is 0. The monoisotopic (exact) mass is 427 g/mol. The Labute approximate surface area is 177 Å². The quantitative estimate of drug-likeness (QED) is 0.228. The summed E-state index contributed by atoms with van der Waals surface area (Å²) in [7, 11) is 3.20. The first-order valence-electron chi connectivity index (χ1n) is 8.83. The predicted octanol–water partition coefficient (Wildman–Crippen LogP) is 4.47. The molecule has 2 aromatic carbocycles. The molecular formula is C21H18ClN3O5. The number of ketones is 1. The number of carbonyl (C=O) groups is 1. The molecule has 0 radical (unpaired) electrons. The van der Waals surface area contributed by atoms with E-state index in [4.69, 9.17) is 21.1 Å². The zero-order valence-electron chi connectivity index (χ0n) is 16.2. The summed E-state index contributed by atoms with van der Waals surface area (Å²) >= 11 is 6.00. The summed E-state index contributed by atoms with van der Waals surface area (Å²) in [6, 6.07) is 11.4. The third kappa shape index (κ3) is 4.84. The fourth-order valence-corrected chi connectivity index (χ4v) is 3.05. The van der Waals surface area contributed by atoms with Crippen molar-refractivity contribution in [3.8, 4) is 11.5 Å². The largest absolute Gasteiger partial charge is 0.496 e. The molecule has 1 aromatic heterocycles. The Balaban J connectivity index is 1.79. The third-order valence-electron chi connectivity index (χ3n) is 4.19. The average molecular weight is 428 g/mol. The van der Waals surface area contributed by atoms with Crippen molar-refractivity contribution in [1.82, 2.24) is 9.78 Å². The number of nitro benzene ring substituents is 1. The predicted molar refractivity (Wildman–Crippen MR) is 112 cm³/mol. The molecule has 1 heterocycles. The molecule has 0 spiro atoms. The second-order valence-corrected chi connectivity index (χ2v) is 6.69. The first-order valence-corrected chi connectivity index (χ1v) is 9.21. The molecule has 0 aliphatic heterocycles. The van der Waals surface area contributed by atoms with Gasteiger partial charge in [0.25, 0.3) is 0 Å². The normalized spacial score (nSPS) is 10.9. The van der Waals surface area contributed by atoms with E-state index in [2.05, 4.69) is 5.10 Å². The average Bonchev–Trinajstić information content (AvgIpc) is 3.08. The fraction of sp³-hybridized carbons (Fsp3) is 0.143. The Hall–Kier alpha value is -3.65. The maximum atomic E-state index is 12.3. The van der Waals surface area contributed by atoms with Crippen LogP contribution in [0.15, 0.2) is 54.7 Å². The SMILES string of the molecule is COc1ccc(/C=C/C(=O)c2nn(C)cc2Cl)cc1COc1ccccc1[N+](=O)[O-]. The minimum atomic E-state index is -0.500. The number of para-hydroxylation sites is 2. The summed E-state index contributed by atoms with van der Waals surface area (Å²) in [5.41, 5.74) is 1.44. The molecule has 0 unspecified atom stereocenters. The number of hydrogen-bond acceptors (Lipinski definition) is 6. The van der Waals surface area contributed by atoms with Crippen LogP contribution < -0.4 is 9.47 Å². The van der Waals surface area contributed by atoms with Crippen LogP contribution in [0.4, 0.5) is 5.69 Å². The second kappa shape index (κ2) is 9.23. The van der Waals surface area contributed by atoms with Gasteiger partial charge in [-0.1, -0.05) is 35.9 Å².